The van der Waals surface area contributed by atoms with Crippen LogP contribution in [-0.4, -0.2) is 40.6 Å². The van der Waals surface area contributed by atoms with Gasteiger partial charge in [-0.05, 0) is 35.2 Å². The number of hydrogen-bond donors (Lipinski definition) is 1. The quantitative estimate of drug-likeness (QED) is 0.581. The highest BCUT2D eigenvalue weighted by molar-refractivity contribution is 7.89. The van der Waals surface area contributed by atoms with Gasteiger partial charge in [-0.2, -0.15) is 4.31 Å². The molecule has 1 N–H and O–H groups in total. The molecule has 0 aliphatic rings. The van der Waals surface area contributed by atoms with Crippen molar-refractivity contribution in [1.29, 1.82) is 0 Å². The number of aromatic nitrogens is 3. The average molecular weight is 446 g/mol. The first-order valence-electron chi connectivity index (χ1n) is 9.55. The van der Waals surface area contributed by atoms with Crippen LogP contribution in [0.4, 0.5) is 11.5 Å². The van der Waals surface area contributed by atoms with E-state index in [0.29, 0.717) is 23.4 Å². The summed E-state index contributed by atoms with van der Waals surface area (Å²) in [4.78, 5) is 9.16. The van der Waals surface area contributed by atoms with E-state index in [-0.39, 0.29) is 10.3 Å². The molecule has 1 atom stereocenters. The first kappa shape index (κ1) is 22.4. The Morgan fingerprint density at radius 3 is 2.43 bits per heavy atom. The largest absolute Gasteiger partial charge is 0.340 e. The molecule has 0 bridgehead atoms. The molecule has 3 rings (SSSR count). The summed E-state index contributed by atoms with van der Waals surface area (Å²) < 4.78 is 28.7. The topological polar surface area (TPSA) is 80.1 Å². The van der Waals surface area contributed by atoms with Crippen molar-refractivity contribution < 1.29 is 8.42 Å². The molecule has 0 spiro atoms. The van der Waals surface area contributed by atoms with Crippen LogP contribution in [-0.2, 0) is 22.5 Å². The van der Waals surface area contributed by atoms with Gasteiger partial charge in [-0.1, -0.05) is 26.8 Å². The third-order valence-corrected chi connectivity index (χ3v) is 7.46. The number of anilines is 2. The van der Waals surface area contributed by atoms with E-state index < -0.39 is 10.0 Å². The summed E-state index contributed by atoms with van der Waals surface area (Å²) in [6.07, 6.45) is 5.71. The molecule has 1 unspecified atom stereocenters. The predicted octanol–water partition coefficient (Wildman–Crippen LogP) is 3.98. The number of hydrogen-bond acceptors (Lipinski definition) is 5. The van der Waals surface area contributed by atoms with Crippen LogP contribution in [0.15, 0.2) is 53.9 Å². The lowest BCUT2D eigenvalue weighted by Crippen LogP contribution is -2.25. The van der Waals surface area contributed by atoms with Crippen LogP contribution in [0.1, 0.15) is 26.3 Å². The van der Waals surface area contributed by atoms with Crippen molar-refractivity contribution in [3.8, 4) is 11.3 Å². The Morgan fingerprint density at radius 2 is 1.90 bits per heavy atom. The second kappa shape index (κ2) is 8.46. The minimum absolute atomic E-state index is 0.0181. The summed E-state index contributed by atoms with van der Waals surface area (Å²) >= 11 is 0. The van der Waals surface area contributed by atoms with Crippen LogP contribution in [0, 0.1) is 0 Å². The van der Waals surface area contributed by atoms with Gasteiger partial charge < -0.3 is 9.88 Å². The molecule has 7 nitrogen and oxygen atoms in total. The Labute approximate surface area is 180 Å². The first-order chi connectivity index (χ1) is 14.0. The van der Waals surface area contributed by atoms with E-state index in [9.17, 15) is 8.42 Å². The maximum absolute atomic E-state index is 12.8. The van der Waals surface area contributed by atoms with E-state index in [4.69, 9.17) is 0 Å². The fraction of sp³-hybridized carbons (Fsp3) is 0.333. The van der Waals surface area contributed by atoms with Gasteiger partial charge in [0.15, 0.2) is 0 Å². The third kappa shape index (κ3) is 4.72. The maximum atomic E-state index is 12.8. The molecular formula is C21H28N5O2PS. The Hall–Kier alpha value is -2.28. The van der Waals surface area contributed by atoms with E-state index in [0.717, 1.165) is 11.3 Å². The number of sulfonamides is 1. The maximum Gasteiger partial charge on any atom is 0.243 e. The Balaban J connectivity index is 2.04. The van der Waals surface area contributed by atoms with Gasteiger partial charge in [0.05, 0.1) is 16.9 Å². The molecule has 30 heavy (non-hydrogen) atoms. The van der Waals surface area contributed by atoms with Crippen molar-refractivity contribution in [3.05, 3.63) is 54.6 Å². The van der Waals surface area contributed by atoms with Gasteiger partial charge in [-0.15, -0.1) is 9.24 Å². The lowest BCUT2D eigenvalue weighted by Gasteiger charge is -2.19. The van der Waals surface area contributed by atoms with E-state index in [1.54, 1.807) is 31.6 Å². The molecule has 0 saturated carbocycles. The van der Waals surface area contributed by atoms with Gasteiger partial charge in [0.1, 0.15) is 5.82 Å². The van der Waals surface area contributed by atoms with Crippen molar-refractivity contribution >= 4 is 30.8 Å². The van der Waals surface area contributed by atoms with Gasteiger partial charge >= 0.3 is 0 Å². The summed E-state index contributed by atoms with van der Waals surface area (Å²) in [6, 6.07) is 8.98. The van der Waals surface area contributed by atoms with Gasteiger partial charge in [0.2, 0.25) is 10.0 Å². The Bertz CT molecular complexity index is 1130. The zero-order chi connectivity index (χ0) is 22.1. The van der Waals surface area contributed by atoms with Crippen LogP contribution >= 0.6 is 9.24 Å². The second-order valence-corrected chi connectivity index (χ2v) is 10.6. The molecule has 3 aromatic rings. The number of pyridine rings is 1. The van der Waals surface area contributed by atoms with Crippen LogP contribution in [0.5, 0.6) is 0 Å². The van der Waals surface area contributed by atoms with Gasteiger partial charge in [-0.25, -0.2) is 18.4 Å². The molecule has 2 heterocycles. The van der Waals surface area contributed by atoms with Crippen LogP contribution in [0.3, 0.4) is 0 Å². The summed E-state index contributed by atoms with van der Waals surface area (Å²) in [6.45, 7) is 6.42. The molecule has 2 aromatic heterocycles. The molecule has 0 aliphatic heterocycles. The summed E-state index contributed by atoms with van der Waals surface area (Å²) in [5.74, 6) is 0.679. The summed E-state index contributed by atoms with van der Waals surface area (Å²) in [7, 11) is 2.26. The number of benzene rings is 1. The molecule has 1 aromatic carbocycles. The number of imidazole rings is 1. The Kier molecular flexibility index (Phi) is 6.32. The fourth-order valence-corrected chi connectivity index (χ4v) is 4.54. The highest BCUT2D eigenvalue weighted by Crippen LogP contribution is 2.32. The van der Waals surface area contributed by atoms with Crippen molar-refractivity contribution in [2.45, 2.75) is 31.1 Å². The zero-order valence-electron chi connectivity index (χ0n) is 17.9. The molecule has 0 amide bonds. The number of nitrogens with zero attached hydrogens (tertiary/aromatic N) is 4. The number of aryl methyl sites for hydroxylation is 1. The van der Waals surface area contributed by atoms with Crippen molar-refractivity contribution in [2.24, 2.45) is 7.05 Å². The minimum atomic E-state index is -3.59. The predicted molar refractivity (Wildman–Crippen MR) is 124 cm³/mol. The second-order valence-electron chi connectivity index (χ2n) is 8.22. The fourth-order valence-electron chi connectivity index (χ4n) is 2.88. The van der Waals surface area contributed by atoms with E-state index in [2.05, 4.69) is 45.3 Å². The lowest BCUT2D eigenvalue weighted by atomic mass is 9.88. The van der Waals surface area contributed by atoms with Crippen LogP contribution in [0.2, 0.25) is 0 Å². The molecule has 160 valence electrons. The first-order valence-corrected chi connectivity index (χ1v) is 11.8. The van der Waals surface area contributed by atoms with Gasteiger partial charge in [0.25, 0.3) is 0 Å². The highest BCUT2D eigenvalue weighted by atomic mass is 32.2. The van der Waals surface area contributed by atoms with Crippen LogP contribution < -0.4 is 5.32 Å². The van der Waals surface area contributed by atoms with E-state index >= 15 is 0 Å². The average Bonchev–Trinajstić information content (AvgIpc) is 3.13. The summed E-state index contributed by atoms with van der Waals surface area (Å²) in [5.41, 5.74) is 3.26. The molecule has 9 heteroatoms. The van der Waals surface area contributed by atoms with Crippen molar-refractivity contribution in [3.63, 3.8) is 0 Å². The number of rotatable bonds is 6. The molecule has 0 saturated heterocycles. The SMILES string of the molecule is CN(CP)S(=O)(=O)c1ccc(Nc2ccc(C(C)(C)C)cn2)c(-c2cn(C)cn2)c1. The molecule has 0 fully saturated rings. The third-order valence-electron chi connectivity index (χ3n) is 4.83. The Morgan fingerprint density at radius 1 is 1.17 bits per heavy atom. The lowest BCUT2D eigenvalue weighted by molar-refractivity contribution is 0.513. The smallest absolute Gasteiger partial charge is 0.243 e. The minimum Gasteiger partial charge on any atom is -0.340 e. The van der Waals surface area contributed by atoms with E-state index in [1.807, 2.05) is 36.1 Å². The highest BCUT2D eigenvalue weighted by Gasteiger charge is 2.22. The van der Waals surface area contributed by atoms with Crippen molar-refractivity contribution in [1.82, 2.24) is 18.8 Å². The molecule has 0 aliphatic carbocycles. The number of nitrogens with one attached hydrogen (secondary N) is 1. The monoisotopic (exact) mass is 445 g/mol. The molecular weight excluding hydrogens is 417 g/mol. The summed E-state index contributed by atoms with van der Waals surface area (Å²) in [5, 5.41) is 3.31. The normalized spacial score (nSPS) is 12.4. The molecule has 0 radical (unpaired) electrons. The van der Waals surface area contributed by atoms with Crippen molar-refractivity contribution in [2.75, 3.05) is 18.7 Å². The van der Waals surface area contributed by atoms with Gasteiger partial charge in [0, 0.05) is 44.0 Å². The van der Waals surface area contributed by atoms with Crippen LogP contribution in [0.25, 0.3) is 11.3 Å². The standard InChI is InChI=1S/C21H28N5O2PS/c1-21(2,3)15-6-9-20(22-11-15)24-18-8-7-16(30(27,28)26(5)14-29)10-17(18)19-12-25(4)13-23-19/h6-13H,14,29H2,1-5H3,(H,22,24). The van der Waals surface area contributed by atoms with E-state index in [1.165, 1.54) is 4.31 Å². The zero-order valence-corrected chi connectivity index (χ0v) is 19.9. The van der Waals surface area contributed by atoms with Gasteiger partial charge in [-0.3, -0.25) is 0 Å².